The lowest BCUT2D eigenvalue weighted by Gasteiger charge is -2.17. The van der Waals surface area contributed by atoms with Crippen molar-refractivity contribution in [1.29, 1.82) is 0 Å². The minimum Gasteiger partial charge on any atom is -0.383 e. The normalized spacial score (nSPS) is 22.1. The van der Waals surface area contributed by atoms with E-state index in [0.717, 1.165) is 24.3 Å². The fraction of sp³-hybridized carbons (Fsp3) is 0.923. The topological polar surface area (TPSA) is 71.7 Å². The molecule has 2 fully saturated rings. The Labute approximate surface area is 110 Å². The van der Waals surface area contributed by atoms with E-state index in [-0.39, 0.29) is 6.04 Å². The van der Waals surface area contributed by atoms with E-state index in [1.54, 1.807) is 7.11 Å². The first-order valence-electron chi connectivity index (χ1n) is 7.01. The largest absolute Gasteiger partial charge is 0.383 e. The number of rotatable bonds is 7. The molecular weight excluding hydrogens is 228 g/mol. The smallest absolute Gasteiger partial charge is 0.206 e. The van der Waals surface area contributed by atoms with Gasteiger partial charge in [0.05, 0.1) is 6.61 Å². The quantitative estimate of drug-likeness (QED) is 0.273. The molecule has 2 rings (SSSR count). The van der Waals surface area contributed by atoms with E-state index in [4.69, 9.17) is 10.6 Å². The predicted octanol–water partition coefficient (Wildman–Crippen LogP) is 0.866. The van der Waals surface area contributed by atoms with Gasteiger partial charge in [-0.3, -0.25) is 10.4 Å². The summed E-state index contributed by atoms with van der Waals surface area (Å²) >= 11 is 0. The summed E-state index contributed by atoms with van der Waals surface area (Å²) in [7, 11) is 1.70. The van der Waals surface area contributed by atoms with Crippen LogP contribution >= 0.6 is 0 Å². The molecule has 104 valence electrons. The summed E-state index contributed by atoms with van der Waals surface area (Å²) in [6.45, 7) is 3.60. The molecule has 2 saturated carbocycles. The van der Waals surface area contributed by atoms with Crippen LogP contribution in [0, 0.1) is 17.8 Å². The standard InChI is InChI=1S/C13H26N4O/c1-9(8-18-2)16-13(17-14)15-7-12(10-3-4-10)11-5-6-11/h9-12H,3-8,14H2,1-2H3,(H2,15,16,17). The zero-order chi connectivity index (χ0) is 13.0. The molecule has 1 unspecified atom stereocenters. The number of hydrogen-bond donors (Lipinski definition) is 3. The molecule has 5 nitrogen and oxygen atoms in total. The highest BCUT2D eigenvalue weighted by Gasteiger charge is 2.41. The van der Waals surface area contributed by atoms with Gasteiger partial charge in [-0.25, -0.2) is 5.84 Å². The van der Waals surface area contributed by atoms with Crippen LogP contribution in [0.15, 0.2) is 4.99 Å². The van der Waals surface area contributed by atoms with Crippen LogP contribution in [0.2, 0.25) is 0 Å². The zero-order valence-electron chi connectivity index (χ0n) is 11.5. The minimum atomic E-state index is 0.213. The third-order valence-electron chi connectivity index (χ3n) is 3.85. The summed E-state index contributed by atoms with van der Waals surface area (Å²) in [6, 6.07) is 0.213. The van der Waals surface area contributed by atoms with Crippen molar-refractivity contribution >= 4 is 5.96 Å². The fourth-order valence-electron chi connectivity index (χ4n) is 2.59. The van der Waals surface area contributed by atoms with Gasteiger partial charge in [-0.1, -0.05) is 0 Å². The molecule has 4 N–H and O–H groups in total. The number of hydrazine groups is 1. The third-order valence-corrected chi connectivity index (χ3v) is 3.85. The monoisotopic (exact) mass is 254 g/mol. The highest BCUT2D eigenvalue weighted by Crippen LogP contribution is 2.49. The van der Waals surface area contributed by atoms with Gasteiger partial charge in [-0.2, -0.15) is 0 Å². The van der Waals surface area contributed by atoms with E-state index in [2.05, 4.69) is 22.7 Å². The number of methoxy groups -OCH3 is 1. The van der Waals surface area contributed by atoms with Gasteiger partial charge >= 0.3 is 0 Å². The fourth-order valence-corrected chi connectivity index (χ4v) is 2.59. The lowest BCUT2D eigenvalue weighted by molar-refractivity contribution is 0.179. The van der Waals surface area contributed by atoms with Crippen LogP contribution in [-0.2, 0) is 4.74 Å². The van der Waals surface area contributed by atoms with Gasteiger partial charge in [-0.05, 0) is 50.4 Å². The average molecular weight is 254 g/mol. The van der Waals surface area contributed by atoms with Crippen molar-refractivity contribution in [2.75, 3.05) is 20.3 Å². The number of ether oxygens (including phenoxy) is 1. The number of hydrogen-bond acceptors (Lipinski definition) is 3. The minimum absolute atomic E-state index is 0.213. The highest BCUT2D eigenvalue weighted by atomic mass is 16.5. The van der Waals surface area contributed by atoms with Crippen molar-refractivity contribution in [3.63, 3.8) is 0 Å². The third kappa shape index (κ3) is 4.14. The molecule has 0 aromatic heterocycles. The Morgan fingerprint density at radius 3 is 2.39 bits per heavy atom. The lowest BCUT2D eigenvalue weighted by Crippen LogP contribution is -2.47. The van der Waals surface area contributed by atoms with Crippen LogP contribution in [-0.4, -0.2) is 32.3 Å². The second-order valence-corrected chi connectivity index (χ2v) is 5.67. The Morgan fingerprint density at radius 2 is 1.94 bits per heavy atom. The van der Waals surface area contributed by atoms with Crippen molar-refractivity contribution in [1.82, 2.24) is 10.7 Å². The van der Waals surface area contributed by atoms with Crippen LogP contribution in [0.3, 0.4) is 0 Å². The number of nitrogens with two attached hydrogens (primary N) is 1. The van der Waals surface area contributed by atoms with Gasteiger partial charge in [0.1, 0.15) is 0 Å². The van der Waals surface area contributed by atoms with Gasteiger partial charge in [0.25, 0.3) is 0 Å². The molecule has 0 aliphatic heterocycles. The van der Waals surface area contributed by atoms with Crippen molar-refractivity contribution in [3.8, 4) is 0 Å². The first-order chi connectivity index (χ1) is 8.74. The van der Waals surface area contributed by atoms with E-state index >= 15 is 0 Å². The van der Waals surface area contributed by atoms with Gasteiger partial charge in [-0.15, -0.1) is 0 Å². The Morgan fingerprint density at radius 1 is 1.33 bits per heavy atom. The summed E-state index contributed by atoms with van der Waals surface area (Å²) < 4.78 is 5.08. The maximum absolute atomic E-state index is 5.50. The second kappa shape index (κ2) is 6.38. The Kier molecular flexibility index (Phi) is 4.83. The molecule has 2 aliphatic rings. The van der Waals surface area contributed by atoms with E-state index in [0.29, 0.717) is 12.6 Å². The van der Waals surface area contributed by atoms with Gasteiger partial charge < -0.3 is 10.1 Å². The molecular formula is C13H26N4O. The van der Waals surface area contributed by atoms with Crippen molar-refractivity contribution < 1.29 is 4.74 Å². The van der Waals surface area contributed by atoms with Crippen molar-refractivity contribution in [2.45, 2.75) is 38.6 Å². The molecule has 2 aliphatic carbocycles. The molecule has 0 saturated heterocycles. The van der Waals surface area contributed by atoms with Crippen molar-refractivity contribution in [2.24, 2.45) is 28.6 Å². The SMILES string of the molecule is COCC(C)NC(=NCC(C1CC1)C1CC1)NN. The molecule has 0 spiro atoms. The van der Waals surface area contributed by atoms with E-state index in [1.165, 1.54) is 25.7 Å². The average Bonchev–Trinajstić information content (AvgIpc) is 3.21. The highest BCUT2D eigenvalue weighted by molar-refractivity contribution is 5.79. The van der Waals surface area contributed by atoms with E-state index in [1.807, 2.05) is 0 Å². The maximum Gasteiger partial charge on any atom is 0.206 e. The molecule has 0 heterocycles. The molecule has 1 atom stereocenters. The van der Waals surface area contributed by atoms with Crippen LogP contribution in [0.5, 0.6) is 0 Å². The molecule has 0 aromatic rings. The van der Waals surface area contributed by atoms with Gasteiger partial charge in [0, 0.05) is 19.7 Å². The van der Waals surface area contributed by atoms with Crippen LogP contribution in [0.4, 0.5) is 0 Å². The van der Waals surface area contributed by atoms with Gasteiger partial charge in [0.2, 0.25) is 5.96 Å². The molecule has 18 heavy (non-hydrogen) atoms. The first-order valence-corrected chi connectivity index (χ1v) is 7.01. The summed E-state index contributed by atoms with van der Waals surface area (Å²) in [6.07, 6.45) is 5.59. The number of aliphatic imine (C=N–C) groups is 1. The molecule has 0 aromatic carbocycles. The number of nitrogens with zero attached hydrogens (tertiary/aromatic N) is 1. The van der Waals surface area contributed by atoms with Crippen LogP contribution in [0.25, 0.3) is 0 Å². The summed E-state index contributed by atoms with van der Waals surface area (Å²) in [5, 5.41) is 3.23. The Bertz CT molecular complexity index is 275. The van der Waals surface area contributed by atoms with Crippen molar-refractivity contribution in [3.05, 3.63) is 0 Å². The summed E-state index contributed by atoms with van der Waals surface area (Å²) in [5.41, 5.74) is 2.65. The Hall–Kier alpha value is -0.810. The summed E-state index contributed by atoms with van der Waals surface area (Å²) in [5.74, 6) is 8.83. The predicted molar refractivity (Wildman–Crippen MR) is 73.0 cm³/mol. The number of nitrogens with one attached hydrogen (secondary N) is 2. The molecule has 0 bridgehead atoms. The maximum atomic E-state index is 5.50. The lowest BCUT2D eigenvalue weighted by atomic mass is 9.98. The Balaban J connectivity index is 1.80. The summed E-state index contributed by atoms with van der Waals surface area (Å²) in [4.78, 5) is 4.60. The molecule has 5 heteroatoms. The van der Waals surface area contributed by atoms with Crippen LogP contribution < -0.4 is 16.6 Å². The van der Waals surface area contributed by atoms with E-state index < -0.39 is 0 Å². The van der Waals surface area contributed by atoms with Gasteiger partial charge in [0.15, 0.2) is 0 Å². The molecule has 0 radical (unpaired) electrons. The van der Waals surface area contributed by atoms with E-state index in [9.17, 15) is 0 Å². The zero-order valence-corrected chi connectivity index (χ0v) is 11.5. The first kappa shape index (κ1) is 13.6. The number of guanidine groups is 1. The second-order valence-electron chi connectivity index (χ2n) is 5.67. The van der Waals surface area contributed by atoms with Crippen LogP contribution in [0.1, 0.15) is 32.6 Å². The molecule has 0 amide bonds.